The minimum absolute atomic E-state index is 0.0490. The largest absolute Gasteiger partial charge is 0.454 e. The molecule has 0 fully saturated rings. The second-order valence-corrected chi connectivity index (χ2v) is 7.20. The third kappa shape index (κ3) is 5.36. The maximum absolute atomic E-state index is 14.6. The normalized spacial score (nSPS) is 10.5. The molecule has 1 amide bonds. The van der Waals surface area contributed by atoms with E-state index >= 15 is 0 Å². The molecule has 0 aliphatic rings. The minimum Gasteiger partial charge on any atom is -0.454 e. The van der Waals surface area contributed by atoms with Crippen molar-refractivity contribution in [2.45, 2.75) is 6.54 Å². The molecule has 0 unspecified atom stereocenters. The molecule has 2 aromatic heterocycles. The Labute approximate surface area is 193 Å². The average Bonchev–Trinajstić information content (AvgIpc) is 2.83. The van der Waals surface area contributed by atoms with Gasteiger partial charge in [0, 0.05) is 42.0 Å². The number of ether oxygens (including phenoxy) is 1. The Morgan fingerprint density at radius 1 is 1.06 bits per heavy atom. The summed E-state index contributed by atoms with van der Waals surface area (Å²) in [5.74, 6) is -0.710. The monoisotopic (exact) mass is 464 g/mol. The first-order valence-electron chi connectivity index (χ1n) is 9.88. The van der Waals surface area contributed by atoms with E-state index < -0.39 is 17.3 Å². The maximum Gasteiger partial charge on any atom is 0.263 e. The zero-order valence-corrected chi connectivity index (χ0v) is 17.9. The second kappa shape index (κ2) is 9.97. The van der Waals surface area contributed by atoms with Crippen molar-refractivity contribution in [1.82, 2.24) is 9.55 Å². The SMILES string of the molecule is O=C(Nc1ccc(Oc2ccnc(NCl)c2)c(F)c1)c1cccn(Cc2ccccc2)c1=O. The molecule has 166 valence electrons. The van der Waals surface area contributed by atoms with Crippen molar-refractivity contribution < 1.29 is 13.9 Å². The lowest BCUT2D eigenvalue weighted by Crippen LogP contribution is -2.29. The summed E-state index contributed by atoms with van der Waals surface area (Å²) in [4.78, 5) is 31.8. The molecule has 0 aliphatic heterocycles. The standard InChI is InChI=1S/C24H18ClFN4O3/c25-29-22-14-18(10-11-27-22)33-21-9-8-17(13-20(21)26)28-23(31)19-7-4-12-30(24(19)32)15-16-5-2-1-3-6-16/h1-14H,15H2,(H,27,29)(H,28,31). The van der Waals surface area contributed by atoms with Crippen LogP contribution in [0.3, 0.4) is 0 Å². The van der Waals surface area contributed by atoms with Crippen LogP contribution in [-0.2, 0) is 6.54 Å². The summed E-state index contributed by atoms with van der Waals surface area (Å²) in [5, 5.41) is 2.56. The molecule has 7 nitrogen and oxygen atoms in total. The van der Waals surface area contributed by atoms with Crippen LogP contribution in [0.2, 0.25) is 0 Å². The molecular formula is C24H18ClFN4O3. The quantitative estimate of drug-likeness (QED) is 0.374. The number of anilines is 2. The fraction of sp³-hybridized carbons (Fsp3) is 0.0417. The average molecular weight is 465 g/mol. The molecule has 0 saturated carbocycles. The van der Waals surface area contributed by atoms with Crippen LogP contribution in [0.5, 0.6) is 11.5 Å². The zero-order chi connectivity index (χ0) is 23.2. The van der Waals surface area contributed by atoms with E-state index in [2.05, 4.69) is 15.1 Å². The Hall–Kier alpha value is -4.17. The van der Waals surface area contributed by atoms with E-state index in [1.165, 1.54) is 35.0 Å². The molecule has 9 heteroatoms. The van der Waals surface area contributed by atoms with Crippen molar-refractivity contribution in [1.29, 1.82) is 0 Å². The number of carbonyl (C=O) groups is 1. The summed E-state index contributed by atoms with van der Waals surface area (Å²) < 4.78 is 21.5. The molecule has 0 aliphatic carbocycles. The number of pyridine rings is 2. The van der Waals surface area contributed by atoms with Crippen molar-refractivity contribution >= 4 is 29.2 Å². The van der Waals surface area contributed by atoms with Crippen molar-refractivity contribution in [2.75, 3.05) is 10.2 Å². The van der Waals surface area contributed by atoms with Gasteiger partial charge in [0.25, 0.3) is 11.5 Å². The van der Waals surface area contributed by atoms with Gasteiger partial charge in [0.2, 0.25) is 0 Å². The fourth-order valence-electron chi connectivity index (χ4n) is 3.13. The Morgan fingerprint density at radius 2 is 1.88 bits per heavy atom. The third-order valence-electron chi connectivity index (χ3n) is 4.71. The highest BCUT2D eigenvalue weighted by molar-refractivity contribution is 6.23. The van der Waals surface area contributed by atoms with E-state index in [9.17, 15) is 14.0 Å². The van der Waals surface area contributed by atoms with Gasteiger partial charge in [0.1, 0.15) is 17.1 Å². The Kier molecular flexibility index (Phi) is 6.66. The summed E-state index contributed by atoms with van der Waals surface area (Å²) >= 11 is 5.51. The van der Waals surface area contributed by atoms with E-state index in [-0.39, 0.29) is 17.0 Å². The Balaban J connectivity index is 1.49. The molecule has 2 aromatic carbocycles. The molecule has 0 radical (unpaired) electrons. The van der Waals surface area contributed by atoms with Gasteiger partial charge in [-0.25, -0.2) is 9.37 Å². The van der Waals surface area contributed by atoms with Crippen LogP contribution < -0.4 is 20.4 Å². The number of rotatable bonds is 7. The maximum atomic E-state index is 14.6. The first-order valence-corrected chi connectivity index (χ1v) is 10.3. The highest BCUT2D eigenvalue weighted by atomic mass is 35.5. The molecule has 2 heterocycles. The number of hydrogen-bond acceptors (Lipinski definition) is 5. The van der Waals surface area contributed by atoms with Crippen LogP contribution in [0, 0.1) is 5.82 Å². The van der Waals surface area contributed by atoms with Crippen LogP contribution in [0.15, 0.2) is 90.0 Å². The topological polar surface area (TPSA) is 85.2 Å². The lowest BCUT2D eigenvalue weighted by Gasteiger charge is -2.11. The Bertz CT molecular complexity index is 1350. The molecule has 2 N–H and O–H groups in total. The predicted molar refractivity (Wildman–Crippen MR) is 124 cm³/mol. The number of amides is 1. The summed E-state index contributed by atoms with van der Waals surface area (Å²) in [6.45, 7) is 0.331. The first kappa shape index (κ1) is 22.0. The number of nitrogens with zero attached hydrogens (tertiary/aromatic N) is 2. The van der Waals surface area contributed by atoms with E-state index in [0.29, 0.717) is 18.1 Å². The van der Waals surface area contributed by atoms with Crippen molar-refractivity contribution in [2.24, 2.45) is 0 Å². The van der Waals surface area contributed by atoms with Crippen LogP contribution in [0.25, 0.3) is 0 Å². The number of hydrogen-bond donors (Lipinski definition) is 2. The van der Waals surface area contributed by atoms with Gasteiger partial charge in [-0.1, -0.05) is 30.3 Å². The zero-order valence-electron chi connectivity index (χ0n) is 17.2. The number of benzene rings is 2. The van der Waals surface area contributed by atoms with Crippen LogP contribution in [-0.4, -0.2) is 15.5 Å². The lowest BCUT2D eigenvalue weighted by atomic mass is 10.2. The number of carbonyl (C=O) groups excluding carboxylic acids is 1. The van der Waals surface area contributed by atoms with Crippen molar-refractivity contribution in [3.63, 3.8) is 0 Å². The van der Waals surface area contributed by atoms with Crippen molar-refractivity contribution in [3.05, 3.63) is 112 Å². The van der Waals surface area contributed by atoms with E-state index in [0.717, 1.165) is 11.6 Å². The first-order chi connectivity index (χ1) is 16.0. The van der Waals surface area contributed by atoms with Crippen LogP contribution >= 0.6 is 11.8 Å². The van der Waals surface area contributed by atoms with Crippen LogP contribution in [0.4, 0.5) is 15.9 Å². The van der Waals surface area contributed by atoms with Gasteiger partial charge in [0.15, 0.2) is 11.6 Å². The van der Waals surface area contributed by atoms with Gasteiger partial charge >= 0.3 is 0 Å². The summed E-state index contributed by atoms with van der Waals surface area (Å²) in [6, 6.07) is 19.5. The molecule has 4 rings (SSSR count). The summed E-state index contributed by atoms with van der Waals surface area (Å²) in [7, 11) is 0. The van der Waals surface area contributed by atoms with Gasteiger partial charge < -0.3 is 14.6 Å². The molecule has 0 spiro atoms. The van der Waals surface area contributed by atoms with Crippen LogP contribution in [0.1, 0.15) is 15.9 Å². The number of nitrogens with one attached hydrogen (secondary N) is 2. The highest BCUT2D eigenvalue weighted by Crippen LogP contribution is 2.27. The van der Waals surface area contributed by atoms with Gasteiger partial charge in [0.05, 0.1) is 6.54 Å². The van der Waals surface area contributed by atoms with Gasteiger partial charge in [-0.3, -0.25) is 14.4 Å². The molecule has 33 heavy (non-hydrogen) atoms. The highest BCUT2D eigenvalue weighted by Gasteiger charge is 2.14. The molecule has 4 aromatic rings. The predicted octanol–water partition coefficient (Wildman–Crippen LogP) is 5.04. The molecular weight excluding hydrogens is 447 g/mol. The second-order valence-electron chi connectivity index (χ2n) is 7.01. The number of aromatic nitrogens is 2. The molecule has 0 atom stereocenters. The van der Waals surface area contributed by atoms with Gasteiger partial charge in [-0.2, -0.15) is 0 Å². The third-order valence-corrected chi connectivity index (χ3v) is 4.90. The number of halogens is 2. The van der Waals surface area contributed by atoms with Gasteiger partial charge in [-0.15, -0.1) is 0 Å². The summed E-state index contributed by atoms with van der Waals surface area (Å²) in [5.41, 5.74) is 0.617. The minimum atomic E-state index is -0.695. The summed E-state index contributed by atoms with van der Waals surface area (Å²) in [6.07, 6.45) is 3.07. The Morgan fingerprint density at radius 3 is 2.64 bits per heavy atom. The van der Waals surface area contributed by atoms with E-state index in [1.54, 1.807) is 18.3 Å². The molecule has 0 saturated heterocycles. The smallest absolute Gasteiger partial charge is 0.263 e. The van der Waals surface area contributed by atoms with Crippen molar-refractivity contribution in [3.8, 4) is 11.5 Å². The lowest BCUT2D eigenvalue weighted by molar-refractivity contribution is 0.102. The van der Waals surface area contributed by atoms with Gasteiger partial charge in [-0.05, 0) is 35.9 Å². The van der Waals surface area contributed by atoms with E-state index in [1.807, 2.05) is 30.3 Å². The molecule has 0 bridgehead atoms. The fourth-order valence-corrected chi connectivity index (χ4v) is 3.23. The van der Waals surface area contributed by atoms with E-state index in [4.69, 9.17) is 16.5 Å².